The van der Waals surface area contributed by atoms with Gasteiger partial charge in [0.25, 0.3) is 0 Å². The second-order valence-corrected chi connectivity index (χ2v) is 5.68. The van der Waals surface area contributed by atoms with Crippen molar-refractivity contribution >= 4 is 24.6 Å². The van der Waals surface area contributed by atoms with Crippen molar-refractivity contribution < 1.29 is 24.1 Å². The Balaban J connectivity index is 2.23. The first-order valence-electron chi connectivity index (χ1n) is 5.70. The molecule has 0 aliphatic rings. The minimum Gasteiger partial charge on any atom is -0.382 e. The van der Waals surface area contributed by atoms with Crippen molar-refractivity contribution in [3.63, 3.8) is 0 Å². The average molecular weight is 303 g/mol. The topological polar surface area (TPSA) is 156 Å². The normalized spacial score (nSPS) is 16.1. The van der Waals surface area contributed by atoms with Gasteiger partial charge in [0.1, 0.15) is 11.6 Å². The summed E-state index contributed by atoms with van der Waals surface area (Å²) >= 11 is 0. The Hall–Kier alpha value is -1.58. The van der Waals surface area contributed by atoms with Crippen LogP contribution in [0.5, 0.6) is 0 Å². The van der Waals surface area contributed by atoms with E-state index in [0.29, 0.717) is 17.6 Å². The number of imidazole rings is 1. The van der Waals surface area contributed by atoms with Crippen LogP contribution in [0.25, 0.3) is 11.2 Å². The van der Waals surface area contributed by atoms with E-state index in [9.17, 15) is 4.57 Å². The first kappa shape index (κ1) is 14.8. The van der Waals surface area contributed by atoms with E-state index in [4.69, 9.17) is 20.6 Å². The van der Waals surface area contributed by atoms with Gasteiger partial charge in [-0.3, -0.25) is 4.57 Å². The first-order valence-corrected chi connectivity index (χ1v) is 7.46. The molecule has 2 atom stereocenters. The summed E-state index contributed by atoms with van der Waals surface area (Å²) in [4.78, 5) is 24.1. The fourth-order valence-electron chi connectivity index (χ4n) is 1.60. The molecule has 11 heteroatoms. The van der Waals surface area contributed by atoms with E-state index >= 15 is 0 Å². The van der Waals surface area contributed by atoms with Crippen LogP contribution in [0.1, 0.15) is 25.3 Å². The molecule has 0 amide bonds. The van der Waals surface area contributed by atoms with E-state index in [-0.39, 0.29) is 11.6 Å². The van der Waals surface area contributed by atoms with Gasteiger partial charge in [0.15, 0.2) is 23.6 Å². The zero-order valence-corrected chi connectivity index (χ0v) is 11.4. The van der Waals surface area contributed by atoms with Crippen LogP contribution < -0.4 is 5.73 Å². The Morgan fingerprint density at radius 3 is 2.95 bits per heavy atom. The summed E-state index contributed by atoms with van der Waals surface area (Å²) in [6.07, 6.45) is 0.502. The molecule has 2 unspecified atom stereocenters. The summed E-state index contributed by atoms with van der Waals surface area (Å²) in [5.74, 6) is 0.442. The quantitative estimate of drug-likeness (QED) is 0.347. The van der Waals surface area contributed by atoms with Crippen molar-refractivity contribution in [2.24, 2.45) is 0 Å². The van der Waals surface area contributed by atoms with Crippen LogP contribution in [0.4, 0.5) is 5.82 Å². The molecule has 0 radical (unpaired) electrons. The molecule has 0 aliphatic heterocycles. The van der Waals surface area contributed by atoms with Crippen molar-refractivity contribution in [2.75, 3.05) is 12.1 Å². The zero-order chi connectivity index (χ0) is 14.8. The molecule has 0 saturated carbocycles. The lowest BCUT2D eigenvalue weighted by atomic mass is 10.2. The number of nitrogen functional groups attached to an aromatic ring is 1. The Morgan fingerprint density at radius 2 is 2.30 bits per heavy atom. The maximum Gasteiger partial charge on any atom is 0.380 e. The Bertz CT molecular complexity index is 647. The molecule has 10 nitrogen and oxygen atoms in total. The molecule has 0 saturated heterocycles. The van der Waals surface area contributed by atoms with Gasteiger partial charge in [0.2, 0.25) is 0 Å². The van der Waals surface area contributed by atoms with E-state index in [0.717, 1.165) is 0 Å². The minimum atomic E-state index is -4.18. The molecule has 0 spiro atoms. The predicted molar refractivity (Wildman–Crippen MR) is 68.6 cm³/mol. The number of hydrogen-bond acceptors (Lipinski definition) is 8. The molecule has 2 rings (SSSR count). The summed E-state index contributed by atoms with van der Waals surface area (Å²) in [7, 11) is -4.18. The van der Waals surface area contributed by atoms with Gasteiger partial charge in [-0.25, -0.2) is 20.2 Å². The molecular formula is C9H14N5O5P. The minimum absolute atomic E-state index is 0.204. The summed E-state index contributed by atoms with van der Waals surface area (Å²) in [5, 5.41) is 8.25. The van der Waals surface area contributed by atoms with Gasteiger partial charge < -0.3 is 20.3 Å². The van der Waals surface area contributed by atoms with E-state index in [2.05, 4.69) is 24.6 Å². The molecule has 110 valence electrons. The highest BCUT2D eigenvalue weighted by Crippen LogP contribution is 2.41. The van der Waals surface area contributed by atoms with E-state index < -0.39 is 20.0 Å². The van der Waals surface area contributed by atoms with Crippen molar-refractivity contribution in [1.82, 2.24) is 19.9 Å². The third-order valence-corrected chi connectivity index (χ3v) is 3.29. The maximum absolute atomic E-state index is 11.1. The SMILES string of the molecule is CCC(OCP(=O)(O)OO)c1nc(N)c2[nH]cnc2n1. The number of nitrogens with zero attached hydrogens (tertiary/aromatic N) is 3. The lowest BCUT2D eigenvalue weighted by molar-refractivity contribution is -0.150. The van der Waals surface area contributed by atoms with Gasteiger partial charge in [0.05, 0.1) is 6.33 Å². The summed E-state index contributed by atoms with van der Waals surface area (Å²) in [6, 6.07) is 0. The van der Waals surface area contributed by atoms with Crippen LogP contribution in [-0.2, 0) is 14.0 Å². The highest BCUT2D eigenvalue weighted by atomic mass is 31.2. The zero-order valence-electron chi connectivity index (χ0n) is 10.6. The molecule has 20 heavy (non-hydrogen) atoms. The molecule has 2 heterocycles. The van der Waals surface area contributed by atoms with Crippen molar-refractivity contribution in [3.05, 3.63) is 12.2 Å². The van der Waals surface area contributed by atoms with Crippen LogP contribution in [-0.4, -0.2) is 36.4 Å². The predicted octanol–water partition coefficient (Wildman–Crippen LogP) is 1.04. The molecule has 2 aromatic heterocycles. The van der Waals surface area contributed by atoms with E-state index in [1.807, 2.05) is 0 Å². The van der Waals surface area contributed by atoms with Gasteiger partial charge in [-0.15, -0.1) is 0 Å². The summed E-state index contributed by atoms with van der Waals surface area (Å²) in [5.41, 5.74) is 6.64. The number of nitrogens with one attached hydrogen (secondary N) is 1. The number of aromatic nitrogens is 4. The molecule has 0 fully saturated rings. The Labute approximate surface area is 113 Å². The molecule has 5 N–H and O–H groups in total. The second kappa shape index (κ2) is 5.81. The number of hydrogen-bond donors (Lipinski definition) is 4. The number of anilines is 1. The standard InChI is InChI=1S/C9H14N5O5P/c1-2-5(18-4-20(16,17)19-15)8-13-7(10)6-9(14-8)12-3-11-6/h3,5,15H,2,4H2,1H3,(H,16,17)(H3,10,11,12,13,14). The lowest BCUT2D eigenvalue weighted by Gasteiger charge is -2.16. The fraction of sp³-hybridized carbons (Fsp3) is 0.444. The fourth-order valence-corrected chi connectivity index (χ4v) is 2.02. The van der Waals surface area contributed by atoms with Crippen LogP contribution in [0.15, 0.2) is 6.33 Å². The van der Waals surface area contributed by atoms with Crippen LogP contribution in [0, 0.1) is 0 Å². The van der Waals surface area contributed by atoms with Gasteiger partial charge in [0, 0.05) is 0 Å². The highest BCUT2D eigenvalue weighted by Gasteiger charge is 2.24. The van der Waals surface area contributed by atoms with Crippen molar-refractivity contribution in [3.8, 4) is 0 Å². The van der Waals surface area contributed by atoms with Crippen LogP contribution in [0.3, 0.4) is 0 Å². The van der Waals surface area contributed by atoms with Gasteiger partial charge >= 0.3 is 7.60 Å². The molecule has 2 aromatic rings. The third-order valence-electron chi connectivity index (χ3n) is 2.56. The highest BCUT2D eigenvalue weighted by molar-refractivity contribution is 7.52. The summed E-state index contributed by atoms with van der Waals surface area (Å²) < 4.78 is 19.8. The number of nitrogens with two attached hydrogens (primary N) is 1. The summed E-state index contributed by atoms with van der Waals surface area (Å²) in [6.45, 7) is 1.78. The molecule has 0 aromatic carbocycles. The third kappa shape index (κ3) is 3.11. The van der Waals surface area contributed by atoms with E-state index in [1.54, 1.807) is 6.92 Å². The molecular weight excluding hydrogens is 289 g/mol. The van der Waals surface area contributed by atoms with Gasteiger partial charge in [-0.2, -0.15) is 4.67 Å². The van der Waals surface area contributed by atoms with Crippen LogP contribution in [0.2, 0.25) is 0 Å². The number of ether oxygens (including phenoxy) is 1. The van der Waals surface area contributed by atoms with Gasteiger partial charge in [-0.1, -0.05) is 6.92 Å². The number of fused-ring (bicyclic) bond motifs is 1. The number of H-pyrrole nitrogens is 1. The first-order chi connectivity index (χ1) is 9.46. The van der Waals surface area contributed by atoms with Crippen molar-refractivity contribution in [1.29, 1.82) is 0 Å². The van der Waals surface area contributed by atoms with Gasteiger partial charge in [-0.05, 0) is 6.42 Å². The van der Waals surface area contributed by atoms with Crippen LogP contribution >= 0.6 is 7.60 Å². The Kier molecular flexibility index (Phi) is 4.31. The molecule has 0 bridgehead atoms. The van der Waals surface area contributed by atoms with Crippen molar-refractivity contribution in [2.45, 2.75) is 19.4 Å². The lowest BCUT2D eigenvalue weighted by Crippen LogP contribution is -2.11. The Morgan fingerprint density at radius 1 is 1.55 bits per heavy atom. The monoisotopic (exact) mass is 303 g/mol. The molecule has 0 aliphatic carbocycles. The number of aromatic amines is 1. The second-order valence-electron chi connectivity index (χ2n) is 3.98. The average Bonchev–Trinajstić information content (AvgIpc) is 2.88. The smallest absolute Gasteiger partial charge is 0.380 e. The maximum atomic E-state index is 11.1. The number of rotatable bonds is 6. The van der Waals surface area contributed by atoms with E-state index in [1.165, 1.54) is 6.33 Å². The largest absolute Gasteiger partial charge is 0.382 e.